The first-order valence-corrected chi connectivity index (χ1v) is 7.18. The summed E-state index contributed by atoms with van der Waals surface area (Å²) < 4.78 is 0. The van der Waals surface area contributed by atoms with Crippen LogP contribution in [-0.2, 0) is 0 Å². The maximum atomic E-state index is 6.13. The van der Waals surface area contributed by atoms with Gasteiger partial charge in [0, 0.05) is 18.9 Å². The van der Waals surface area contributed by atoms with Crippen LogP contribution in [0.5, 0.6) is 0 Å². The molecule has 1 aromatic rings. The van der Waals surface area contributed by atoms with Crippen molar-refractivity contribution >= 4 is 17.3 Å². The largest absolute Gasteiger partial charge is 0.383 e. The zero-order chi connectivity index (χ0) is 12.8. The quantitative estimate of drug-likeness (QED) is 0.859. The normalized spacial score (nSPS) is 18.6. The topological polar surface area (TPSA) is 37.0 Å². The third kappa shape index (κ3) is 3.36. The molecule has 2 rings (SSSR count). The van der Waals surface area contributed by atoms with Gasteiger partial charge in [0.15, 0.2) is 0 Å². The van der Waals surface area contributed by atoms with Crippen LogP contribution in [0.15, 0.2) is 18.5 Å². The Morgan fingerprint density at radius 2 is 2.22 bits per heavy atom. The molecular formula is C14H22ClN3. The van der Waals surface area contributed by atoms with Crippen molar-refractivity contribution in [1.82, 2.24) is 10.3 Å². The van der Waals surface area contributed by atoms with Gasteiger partial charge in [-0.1, -0.05) is 24.9 Å². The Balaban J connectivity index is 1.99. The molecule has 1 aliphatic rings. The van der Waals surface area contributed by atoms with Gasteiger partial charge in [0.1, 0.15) is 0 Å². The van der Waals surface area contributed by atoms with Crippen LogP contribution < -0.4 is 10.6 Å². The molecule has 100 valence electrons. The van der Waals surface area contributed by atoms with Crippen molar-refractivity contribution in [2.45, 2.75) is 32.6 Å². The number of hydrogen-bond acceptors (Lipinski definition) is 3. The Hall–Kier alpha value is -0.800. The summed E-state index contributed by atoms with van der Waals surface area (Å²) in [6.07, 6.45) is 8.49. The molecule has 0 amide bonds. The van der Waals surface area contributed by atoms with E-state index in [-0.39, 0.29) is 0 Å². The van der Waals surface area contributed by atoms with E-state index in [1.54, 1.807) is 12.4 Å². The third-order valence-corrected chi connectivity index (χ3v) is 4.17. The number of piperidine rings is 1. The minimum Gasteiger partial charge on any atom is -0.383 e. The average molecular weight is 268 g/mol. The van der Waals surface area contributed by atoms with Gasteiger partial charge in [-0.15, -0.1) is 0 Å². The molecule has 1 fully saturated rings. The molecule has 0 aromatic carbocycles. The molecule has 1 saturated heterocycles. The molecular weight excluding hydrogens is 246 g/mol. The molecule has 0 radical (unpaired) electrons. The van der Waals surface area contributed by atoms with E-state index < -0.39 is 0 Å². The van der Waals surface area contributed by atoms with Crippen molar-refractivity contribution in [3.8, 4) is 0 Å². The number of rotatable bonds is 5. The second kappa shape index (κ2) is 6.39. The van der Waals surface area contributed by atoms with Crippen molar-refractivity contribution < 1.29 is 0 Å². The van der Waals surface area contributed by atoms with Gasteiger partial charge in [-0.2, -0.15) is 0 Å². The minimum absolute atomic E-state index is 0.423. The fourth-order valence-corrected chi connectivity index (χ4v) is 2.99. The summed E-state index contributed by atoms with van der Waals surface area (Å²) in [6, 6.07) is 1.95. The highest BCUT2D eigenvalue weighted by atomic mass is 35.5. The predicted molar refractivity (Wildman–Crippen MR) is 77.2 cm³/mol. The van der Waals surface area contributed by atoms with Gasteiger partial charge < -0.3 is 10.6 Å². The van der Waals surface area contributed by atoms with Crippen LogP contribution in [-0.4, -0.2) is 24.6 Å². The molecule has 0 spiro atoms. The standard InChI is InChI=1S/C14H22ClN3/c1-2-4-14(5-8-16-9-6-14)11-18-13-3-7-17-10-12(13)15/h3,7,10,16H,2,4-6,8-9,11H2,1H3,(H,17,18). The van der Waals surface area contributed by atoms with E-state index in [0.717, 1.165) is 25.3 Å². The second-order valence-corrected chi connectivity index (χ2v) is 5.62. The van der Waals surface area contributed by atoms with E-state index >= 15 is 0 Å². The molecule has 3 nitrogen and oxygen atoms in total. The highest BCUT2D eigenvalue weighted by molar-refractivity contribution is 6.33. The Kier molecular flexibility index (Phi) is 4.84. The van der Waals surface area contributed by atoms with Crippen molar-refractivity contribution in [3.63, 3.8) is 0 Å². The zero-order valence-electron chi connectivity index (χ0n) is 11.0. The lowest BCUT2D eigenvalue weighted by atomic mass is 9.75. The average Bonchev–Trinajstić information content (AvgIpc) is 2.39. The number of pyridine rings is 1. The first kappa shape index (κ1) is 13.6. The second-order valence-electron chi connectivity index (χ2n) is 5.21. The summed E-state index contributed by atoms with van der Waals surface area (Å²) in [4.78, 5) is 4.01. The summed E-state index contributed by atoms with van der Waals surface area (Å²) in [5.41, 5.74) is 1.42. The van der Waals surface area contributed by atoms with Crippen molar-refractivity contribution in [2.75, 3.05) is 25.0 Å². The van der Waals surface area contributed by atoms with Crippen LogP contribution in [0.25, 0.3) is 0 Å². The molecule has 0 saturated carbocycles. The third-order valence-electron chi connectivity index (χ3n) is 3.87. The van der Waals surface area contributed by atoms with Crippen molar-refractivity contribution in [2.24, 2.45) is 5.41 Å². The summed E-state index contributed by atoms with van der Waals surface area (Å²) >= 11 is 6.13. The molecule has 0 bridgehead atoms. The summed E-state index contributed by atoms with van der Waals surface area (Å²) in [5, 5.41) is 7.66. The Morgan fingerprint density at radius 3 is 2.89 bits per heavy atom. The van der Waals surface area contributed by atoms with Crippen LogP contribution in [0.2, 0.25) is 5.02 Å². The molecule has 1 aromatic heterocycles. The number of nitrogens with one attached hydrogen (secondary N) is 2. The van der Waals surface area contributed by atoms with Crippen LogP contribution in [0.4, 0.5) is 5.69 Å². The molecule has 2 heterocycles. The molecule has 0 aliphatic carbocycles. The van der Waals surface area contributed by atoms with Crippen LogP contribution in [0.3, 0.4) is 0 Å². The Morgan fingerprint density at radius 1 is 1.44 bits per heavy atom. The van der Waals surface area contributed by atoms with Crippen molar-refractivity contribution in [1.29, 1.82) is 0 Å². The molecule has 18 heavy (non-hydrogen) atoms. The molecule has 0 unspecified atom stereocenters. The Labute approximate surface area is 114 Å². The Bertz CT molecular complexity index is 370. The first-order chi connectivity index (χ1) is 8.76. The van der Waals surface area contributed by atoms with Gasteiger partial charge in [0.2, 0.25) is 0 Å². The van der Waals surface area contributed by atoms with Crippen molar-refractivity contribution in [3.05, 3.63) is 23.5 Å². The fourth-order valence-electron chi connectivity index (χ4n) is 2.80. The van der Waals surface area contributed by atoms with Gasteiger partial charge in [-0.3, -0.25) is 4.98 Å². The molecule has 1 aliphatic heterocycles. The lowest BCUT2D eigenvalue weighted by molar-refractivity contribution is 0.199. The summed E-state index contributed by atoms with van der Waals surface area (Å²) in [6.45, 7) is 5.53. The van der Waals surface area contributed by atoms with Crippen LogP contribution >= 0.6 is 11.6 Å². The van der Waals surface area contributed by atoms with E-state index in [4.69, 9.17) is 11.6 Å². The fraction of sp³-hybridized carbons (Fsp3) is 0.643. The maximum absolute atomic E-state index is 6.13. The van der Waals surface area contributed by atoms with Gasteiger partial charge in [-0.25, -0.2) is 0 Å². The van der Waals surface area contributed by atoms with E-state index in [9.17, 15) is 0 Å². The van der Waals surface area contributed by atoms with Crippen LogP contribution in [0, 0.1) is 5.41 Å². The van der Waals surface area contributed by atoms with E-state index in [0.29, 0.717) is 10.4 Å². The van der Waals surface area contributed by atoms with Gasteiger partial charge in [0.05, 0.1) is 10.7 Å². The number of anilines is 1. The number of halogens is 1. The highest BCUT2D eigenvalue weighted by Gasteiger charge is 2.30. The molecule has 0 atom stereocenters. The van der Waals surface area contributed by atoms with Crippen LogP contribution in [0.1, 0.15) is 32.6 Å². The summed E-state index contributed by atoms with van der Waals surface area (Å²) in [5.74, 6) is 0. The molecule has 4 heteroatoms. The zero-order valence-corrected chi connectivity index (χ0v) is 11.8. The number of aromatic nitrogens is 1. The smallest absolute Gasteiger partial charge is 0.0820 e. The lowest BCUT2D eigenvalue weighted by Crippen LogP contribution is -2.41. The number of nitrogens with zero attached hydrogens (tertiary/aromatic N) is 1. The monoisotopic (exact) mass is 267 g/mol. The van der Waals surface area contributed by atoms with E-state index in [1.165, 1.54) is 25.7 Å². The van der Waals surface area contributed by atoms with E-state index in [1.807, 2.05) is 6.07 Å². The lowest BCUT2D eigenvalue weighted by Gasteiger charge is -2.38. The van der Waals surface area contributed by atoms with E-state index in [2.05, 4.69) is 22.5 Å². The first-order valence-electron chi connectivity index (χ1n) is 6.80. The minimum atomic E-state index is 0.423. The number of hydrogen-bond donors (Lipinski definition) is 2. The van der Waals surface area contributed by atoms with Gasteiger partial charge in [-0.05, 0) is 43.8 Å². The summed E-state index contributed by atoms with van der Waals surface area (Å²) in [7, 11) is 0. The highest BCUT2D eigenvalue weighted by Crippen LogP contribution is 2.34. The molecule has 2 N–H and O–H groups in total. The SMILES string of the molecule is CCCC1(CNc2ccncc2Cl)CCNCC1. The maximum Gasteiger partial charge on any atom is 0.0820 e. The van der Waals surface area contributed by atoms with Gasteiger partial charge >= 0.3 is 0 Å². The van der Waals surface area contributed by atoms with Gasteiger partial charge in [0.25, 0.3) is 0 Å². The predicted octanol–water partition coefficient (Wildman–Crippen LogP) is 3.32.